The molecule has 2 aromatic carbocycles. The van der Waals surface area contributed by atoms with Crippen molar-refractivity contribution >= 4 is 15.9 Å². The van der Waals surface area contributed by atoms with Crippen LogP contribution in [0.5, 0.6) is 5.75 Å². The molecule has 0 spiro atoms. The lowest BCUT2D eigenvalue weighted by atomic mass is 9.96. The first-order valence-electron chi connectivity index (χ1n) is 13.8. The van der Waals surface area contributed by atoms with E-state index in [0.29, 0.717) is 45.6 Å². The molecule has 2 bridgehead atoms. The molecule has 40 heavy (non-hydrogen) atoms. The van der Waals surface area contributed by atoms with E-state index in [2.05, 4.69) is 24.8 Å². The largest absolute Gasteiger partial charge is 0.493 e. The van der Waals surface area contributed by atoms with Gasteiger partial charge in [0.05, 0.1) is 17.9 Å². The number of carbonyl (C=O) groups is 1. The normalized spacial score (nSPS) is 23.6. The number of amides is 1. The molecule has 11 heteroatoms. The van der Waals surface area contributed by atoms with Gasteiger partial charge in [-0.3, -0.25) is 9.69 Å². The quantitative estimate of drug-likeness (QED) is 0.421. The van der Waals surface area contributed by atoms with Gasteiger partial charge in [0.15, 0.2) is 0 Å². The predicted octanol–water partition coefficient (Wildman–Crippen LogP) is 4.79. The van der Waals surface area contributed by atoms with Gasteiger partial charge in [-0.05, 0) is 87.1 Å². The highest BCUT2D eigenvalue weighted by atomic mass is 32.2. The van der Waals surface area contributed by atoms with Crippen molar-refractivity contribution in [3.63, 3.8) is 0 Å². The van der Waals surface area contributed by atoms with Gasteiger partial charge in [0.1, 0.15) is 5.75 Å². The first kappa shape index (κ1) is 28.9. The fraction of sp³-hybridized carbons (Fsp3) is 0.552. The summed E-state index contributed by atoms with van der Waals surface area (Å²) < 4.78 is 70.2. The summed E-state index contributed by atoms with van der Waals surface area (Å²) in [7, 11) is -3.09. The van der Waals surface area contributed by atoms with Crippen LogP contribution in [-0.2, 0) is 16.2 Å². The van der Waals surface area contributed by atoms with Gasteiger partial charge in [0, 0.05) is 49.9 Å². The number of hydrogen-bond acceptors (Lipinski definition) is 5. The summed E-state index contributed by atoms with van der Waals surface area (Å²) in [6.07, 6.45) is -2.26. The molecular weight excluding hydrogens is 543 g/mol. The highest BCUT2D eigenvalue weighted by Crippen LogP contribution is 2.40. The van der Waals surface area contributed by atoms with Gasteiger partial charge in [-0.15, -0.1) is 0 Å². The number of sulfonamides is 1. The number of alkyl halides is 3. The minimum atomic E-state index is -4.43. The Bertz CT molecular complexity index is 1360. The minimum absolute atomic E-state index is 0.0330. The number of benzene rings is 2. The SMILES string of the molecule is Cc1c(OCCCN2CCCS2(=O)=O)ccc([C@H](C)N2C[C@H]3C[C@@H]2CN3C(=O)c2ccc(C(F)(F)F)cc2)c1C. The number of rotatable bonds is 8. The maximum absolute atomic E-state index is 13.1. The highest BCUT2D eigenvalue weighted by molar-refractivity contribution is 7.89. The highest BCUT2D eigenvalue weighted by Gasteiger charge is 2.47. The number of piperazine rings is 1. The van der Waals surface area contributed by atoms with Crippen molar-refractivity contribution in [2.75, 3.05) is 38.5 Å². The van der Waals surface area contributed by atoms with Crippen molar-refractivity contribution < 1.29 is 31.1 Å². The van der Waals surface area contributed by atoms with E-state index in [0.717, 1.165) is 35.4 Å². The average Bonchev–Trinajstić information content (AvgIpc) is 3.61. The second-order valence-electron chi connectivity index (χ2n) is 11.1. The van der Waals surface area contributed by atoms with E-state index in [1.165, 1.54) is 17.7 Å². The molecule has 0 radical (unpaired) electrons. The van der Waals surface area contributed by atoms with Crippen molar-refractivity contribution in [2.24, 2.45) is 0 Å². The maximum Gasteiger partial charge on any atom is 0.416 e. The summed E-state index contributed by atoms with van der Waals surface area (Å²) in [5.74, 6) is 0.816. The third-order valence-corrected chi connectivity index (χ3v) is 10.7. The standard InChI is InChI=1S/C29H36F3N3O4S/c1-19-20(2)27(39-14-4-12-33-13-5-15-40(33,37)38)11-10-26(19)21(3)34-17-25-16-24(34)18-35(25)28(36)22-6-8-23(9-7-22)29(30,31)32/h6-11,21,24-25H,4-5,12-18H2,1-3H3/t21-,24+,25+/m0/s1. The summed E-state index contributed by atoms with van der Waals surface area (Å²) in [5.41, 5.74) is 2.92. The third kappa shape index (κ3) is 5.60. The van der Waals surface area contributed by atoms with Crippen LogP contribution < -0.4 is 4.74 Å². The van der Waals surface area contributed by atoms with Crippen molar-refractivity contribution in [3.05, 3.63) is 64.2 Å². The molecule has 3 aliphatic heterocycles. The Morgan fingerprint density at radius 3 is 2.38 bits per heavy atom. The Labute approximate surface area is 233 Å². The van der Waals surface area contributed by atoms with Crippen LogP contribution in [0, 0.1) is 13.8 Å². The number of halogens is 3. The summed E-state index contributed by atoms with van der Waals surface area (Å²) in [5, 5.41) is 0. The number of likely N-dealkylation sites (tertiary alicyclic amines) is 2. The first-order valence-corrected chi connectivity index (χ1v) is 15.4. The zero-order chi connectivity index (χ0) is 28.8. The van der Waals surface area contributed by atoms with Gasteiger partial charge in [-0.1, -0.05) is 6.07 Å². The molecule has 7 nitrogen and oxygen atoms in total. The van der Waals surface area contributed by atoms with Crippen LogP contribution in [0.4, 0.5) is 13.2 Å². The maximum atomic E-state index is 13.1. The molecule has 0 saturated carbocycles. The molecule has 1 amide bonds. The van der Waals surface area contributed by atoms with E-state index in [1.54, 1.807) is 9.21 Å². The van der Waals surface area contributed by atoms with E-state index in [9.17, 15) is 26.4 Å². The van der Waals surface area contributed by atoms with Crippen LogP contribution in [0.15, 0.2) is 36.4 Å². The summed E-state index contributed by atoms with van der Waals surface area (Å²) in [6, 6.07) is 8.88. The molecule has 3 saturated heterocycles. The molecule has 0 unspecified atom stereocenters. The van der Waals surface area contributed by atoms with Crippen molar-refractivity contribution in [1.29, 1.82) is 0 Å². The average molecular weight is 580 g/mol. The topological polar surface area (TPSA) is 70.2 Å². The Balaban J connectivity index is 1.17. The van der Waals surface area contributed by atoms with E-state index < -0.39 is 21.8 Å². The van der Waals surface area contributed by atoms with Gasteiger partial charge < -0.3 is 9.64 Å². The summed E-state index contributed by atoms with van der Waals surface area (Å²) in [4.78, 5) is 17.3. The summed E-state index contributed by atoms with van der Waals surface area (Å²) in [6.45, 7) is 9.07. The number of fused-ring (bicyclic) bond motifs is 2. The second-order valence-corrected chi connectivity index (χ2v) is 13.2. The van der Waals surface area contributed by atoms with Crippen LogP contribution in [0.2, 0.25) is 0 Å². The predicted molar refractivity (Wildman–Crippen MR) is 146 cm³/mol. The smallest absolute Gasteiger partial charge is 0.416 e. The van der Waals surface area contributed by atoms with E-state index in [1.807, 2.05) is 13.0 Å². The zero-order valence-corrected chi connectivity index (χ0v) is 23.9. The van der Waals surface area contributed by atoms with Gasteiger partial charge in [-0.2, -0.15) is 13.2 Å². The number of carbonyl (C=O) groups excluding carboxylic acids is 1. The lowest BCUT2D eigenvalue weighted by molar-refractivity contribution is -0.137. The van der Waals surface area contributed by atoms with Crippen molar-refractivity contribution in [1.82, 2.24) is 14.1 Å². The molecule has 5 rings (SSSR count). The molecule has 3 heterocycles. The lowest BCUT2D eigenvalue weighted by Crippen LogP contribution is -2.49. The number of ether oxygens (including phenoxy) is 1. The molecule has 0 aromatic heterocycles. The van der Waals surface area contributed by atoms with Crippen molar-refractivity contribution in [2.45, 2.75) is 64.3 Å². The molecule has 0 N–H and O–H groups in total. The zero-order valence-electron chi connectivity index (χ0n) is 23.1. The minimum Gasteiger partial charge on any atom is -0.493 e. The fourth-order valence-electron chi connectivity index (χ4n) is 6.36. The van der Waals surface area contributed by atoms with Crippen LogP contribution in [-0.4, -0.2) is 79.1 Å². The Morgan fingerprint density at radius 2 is 1.77 bits per heavy atom. The van der Waals surface area contributed by atoms with E-state index in [-0.39, 0.29) is 35.3 Å². The molecule has 3 aliphatic rings. The van der Waals surface area contributed by atoms with Crippen molar-refractivity contribution in [3.8, 4) is 5.75 Å². The van der Waals surface area contributed by atoms with Crippen LogP contribution in [0.25, 0.3) is 0 Å². The summed E-state index contributed by atoms with van der Waals surface area (Å²) >= 11 is 0. The second kappa shape index (κ2) is 11.0. The molecule has 3 atom stereocenters. The Hall–Kier alpha value is -2.63. The van der Waals surface area contributed by atoms with E-state index >= 15 is 0 Å². The van der Waals surface area contributed by atoms with Crippen LogP contribution in [0.3, 0.4) is 0 Å². The van der Waals surface area contributed by atoms with Gasteiger partial charge in [-0.25, -0.2) is 12.7 Å². The Morgan fingerprint density at radius 1 is 1.05 bits per heavy atom. The Kier molecular flexibility index (Phi) is 7.93. The van der Waals surface area contributed by atoms with Crippen LogP contribution >= 0.6 is 0 Å². The lowest BCUT2D eigenvalue weighted by Gasteiger charge is -2.38. The van der Waals surface area contributed by atoms with Crippen LogP contribution in [0.1, 0.15) is 64.8 Å². The monoisotopic (exact) mass is 579 g/mol. The first-order chi connectivity index (χ1) is 18.9. The fourth-order valence-corrected chi connectivity index (χ4v) is 7.92. The molecule has 0 aliphatic carbocycles. The molecule has 2 aromatic rings. The third-order valence-electron chi connectivity index (χ3n) is 8.74. The number of nitrogens with zero attached hydrogens (tertiary/aromatic N) is 3. The number of hydrogen-bond donors (Lipinski definition) is 0. The van der Waals surface area contributed by atoms with Gasteiger partial charge >= 0.3 is 6.18 Å². The molecule has 3 fully saturated rings. The van der Waals surface area contributed by atoms with Gasteiger partial charge in [0.25, 0.3) is 5.91 Å². The molecular formula is C29H36F3N3O4S. The van der Waals surface area contributed by atoms with Gasteiger partial charge in [0.2, 0.25) is 10.0 Å². The molecule has 218 valence electrons. The van der Waals surface area contributed by atoms with E-state index in [4.69, 9.17) is 4.74 Å².